The zero-order valence-electron chi connectivity index (χ0n) is 14.6. The van der Waals surface area contributed by atoms with Crippen LogP contribution >= 0.6 is 11.3 Å². The van der Waals surface area contributed by atoms with Crippen LogP contribution in [0, 0.1) is 0 Å². The summed E-state index contributed by atoms with van der Waals surface area (Å²) >= 11 is 1.71. The van der Waals surface area contributed by atoms with Crippen LogP contribution in [0.2, 0.25) is 0 Å². The molecular formula is C18H26N2O4S. The molecule has 138 valence electrons. The summed E-state index contributed by atoms with van der Waals surface area (Å²) in [5.41, 5.74) is 0. The van der Waals surface area contributed by atoms with E-state index in [1.54, 1.807) is 11.3 Å². The molecule has 0 spiro atoms. The quantitative estimate of drug-likeness (QED) is 0.804. The predicted molar refractivity (Wildman–Crippen MR) is 96.5 cm³/mol. The van der Waals surface area contributed by atoms with Gasteiger partial charge in [0.15, 0.2) is 0 Å². The van der Waals surface area contributed by atoms with Gasteiger partial charge in [-0.2, -0.15) is 0 Å². The second kappa shape index (κ2) is 9.56. The number of hydrogen-bond acceptors (Lipinski definition) is 4. The second-order valence-electron chi connectivity index (χ2n) is 6.44. The SMILES string of the molecule is CC(=O)N(CC(=O)O)[C@H]1CCCN(C(=O)CCCc2cccs2)CC1. The number of likely N-dealkylation sites (tertiary alicyclic amines) is 1. The maximum atomic E-state index is 12.4. The Labute approximate surface area is 152 Å². The third kappa shape index (κ3) is 6.16. The molecule has 6 nitrogen and oxygen atoms in total. The molecule has 1 saturated heterocycles. The Morgan fingerprint density at radius 1 is 1.32 bits per heavy atom. The van der Waals surface area contributed by atoms with E-state index in [0.29, 0.717) is 25.9 Å². The molecule has 1 aliphatic heterocycles. The molecule has 0 radical (unpaired) electrons. The maximum absolute atomic E-state index is 12.4. The lowest BCUT2D eigenvalue weighted by Crippen LogP contribution is -2.43. The highest BCUT2D eigenvalue weighted by Gasteiger charge is 2.27. The first kappa shape index (κ1) is 19.4. The van der Waals surface area contributed by atoms with E-state index in [4.69, 9.17) is 5.11 Å². The van der Waals surface area contributed by atoms with E-state index >= 15 is 0 Å². The van der Waals surface area contributed by atoms with Gasteiger partial charge in [-0.3, -0.25) is 14.4 Å². The van der Waals surface area contributed by atoms with Gasteiger partial charge in [0.05, 0.1) is 0 Å². The van der Waals surface area contributed by atoms with Crippen LogP contribution in [0.15, 0.2) is 17.5 Å². The van der Waals surface area contributed by atoms with Crippen LogP contribution < -0.4 is 0 Å². The molecule has 1 aromatic heterocycles. The number of amides is 2. The Morgan fingerprint density at radius 3 is 2.76 bits per heavy atom. The highest BCUT2D eigenvalue weighted by atomic mass is 32.1. The zero-order chi connectivity index (χ0) is 18.2. The molecule has 2 amide bonds. The number of carbonyl (C=O) groups is 3. The molecule has 2 rings (SSSR count). The van der Waals surface area contributed by atoms with Crippen molar-refractivity contribution >= 4 is 29.1 Å². The van der Waals surface area contributed by atoms with Gasteiger partial charge < -0.3 is 14.9 Å². The highest BCUT2D eigenvalue weighted by molar-refractivity contribution is 7.09. The minimum absolute atomic E-state index is 0.0995. The van der Waals surface area contributed by atoms with Crippen LogP contribution in [0.25, 0.3) is 0 Å². The minimum atomic E-state index is -0.999. The molecule has 25 heavy (non-hydrogen) atoms. The fraction of sp³-hybridized carbons (Fsp3) is 0.611. The average Bonchev–Trinajstić information content (AvgIpc) is 2.95. The molecule has 0 bridgehead atoms. The first-order valence-electron chi connectivity index (χ1n) is 8.76. The average molecular weight is 366 g/mol. The van der Waals surface area contributed by atoms with Gasteiger partial charge in [0.25, 0.3) is 0 Å². The summed E-state index contributed by atoms with van der Waals surface area (Å²) in [5, 5.41) is 11.0. The first-order chi connectivity index (χ1) is 12.0. The largest absolute Gasteiger partial charge is 0.480 e. The van der Waals surface area contributed by atoms with Crippen molar-refractivity contribution in [3.63, 3.8) is 0 Å². The summed E-state index contributed by atoms with van der Waals surface area (Å²) in [6.45, 7) is 2.41. The topological polar surface area (TPSA) is 77.9 Å². The van der Waals surface area contributed by atoms with Crippen molar-refractivity contribution in [1.82, 2.24) is 9.80 Å². The van der Waals surface area contributed by atoms with Crippen LogP contribution in [0.5, 0.6) is 0 Å². The van der Waals surface area contributed by atoms with Gasteiger partial charge >= 0.3 is 5.97 Å². The normalized spacial score (nSPS) is 17.8. The Bertz CT molecular complexity index is 588. The lowest BCUT2D eigenvalue weighted by atomic mass is 10.1. The molecule has 1 aliphatic rings. The lowest BCUT2D eigenvalue weighted by Gasteiger charge is -2.28. The van der Waals surface area contributed by atoms with Crippen molar-refractivity contribution in [2.24, 2.45) is 0 Å². The monoisotopic (exact) mass is 366 g/mol. The summed E-state index contributed by atoms with van der Waals surface area (Å²) in [6, 6.07) is 4.01. The summed E-state index contributed by atoms with van der Waals surface area (Å²) in [5.74, 6) is -1.06. The summed E-state index contributed by atoms with van der Waals surface area (Å²) < 4.78 is 0. The Balaban J connectivity index is 1.81. The Kier molecular flexibility index (Phi) is 7.43. The molecule has 1 atom stereocenters. The van der Waals surface area contributed by atoms with Gasteiger partial charge in [-0.1, -0.05) is 6.07 Å². The fourth-order valence-electron chi connectivity index (χ4n) is 3.31. The van der Waals surface area contributed by atoms with E-state index in [0.717, 1.165) is 25.7 Å². The van der Waals surface area contributed by atoms with Gasteiger partial charge in [0, 0.05) is 37.4 Å². The number of thiophene rings is 1. The van der Waals surface area contributed by atoms with Gasteiger partial charge in [-0.05, 0) is 43.6 Å². The number of hydrogen-bond donors (Lipinski definition) is 1. The van der Waals surface area contributed by atoms with E-state index in [-0.39, 0.29) is 24.4 Å². The lowest BCUT2D eigenvalue weighted by molar-refractivity contribution is -0.145. The number of aliphatic carboxylic acids is 1. The summed E-state index contributed by atoms with van der Waals surface area (Å²) in [6.07, 6.45) is 4.49. The Morgan fingerprint density at radius 2 is 2.12 bits per heavy atom. The van der Waals surface area contributed by atoms with Crippen molar-refractivity contribution in [3.8, 4) is 0 Å². The number of nitrogens with zero attached hydrogens (tertiary/aromatic N) is 2. The van der Waals surface area contributed by atoms with E-state index < -0.39 is 5.97 Å². The van der Waals surface area contributed by atoms with Crippen molar-refractivity contribution in [2.45, 2.75) is 51.5 Å². The molecule has 0 unspecified atom stereocenters. The first-order valence-corrected chi connectivity index (χ1v) is 9.64. The van der Waals surface area contributed by atoms with Crippen LogP contribution in [0.1, 0.15) is 43.9 Å². The zero-order valence-corrected chi connectivity index (χ0v) is 15.5. The number of rotatable bonds is 7. The number of aryl methyl sites for hydroxylation is 1. The molecule has 0 aliphatic carbocycles. The highest BCUT2D eigenvalue weighted by Crippen LogP contribution is 2.19. The van der Waals surface area contributed by atoms with Gasteiger partial charge in [-0.15, -0.1) is 11.3 Å². The predicted octanol–water partition coefficient (Wildman–Crippen LogP) is 2.38. The Hall–Kier alpha value is -1.89. The number of carboxylic acid groups (broad SMARTS) is 1. The molecule has 1 aromatic rings. The van der Waals surface area contributed by atoms with Gasteiger partial charge in [0.2, 0.25) is 11.8 Å². The van der Waals surface area contributed by atoms with E-state index in [1.807, 2.05) is 16.3 Å². The summed E-state index contributed by atoms with van der Waals surface area (Å²) in [4.78, 5) is 39.7. The standard InChI is InChI=1S/C18H26N2O4S/c1-14(21)20(13-18(23)24)15-5-3-10-19(11-9-15)17(22)8-2-6-16-7-4-12-25-16/h4,7,12,15H,2-3,5-6,8-11,13H2,1H3,(H,23,24)/t15-/m0/s1. The van der Waals surface area contributed by atoms with Gasteiger partial charge in [0.1, 0.15) is 6.54 Å². The van der Waals surface area contributed by atoms with E-state index in [1.165, 1.54) is 16.7 Å². The molecular weight excluding hydrogens is 340 g/mol. The number of carboxylic acids is 1. The molecule has 0 aromatic carbocycles. The molecule has 2 heterocycles. The molecule has 0 saturated carbocycles. The third-order valence-corrected chi connectivity index (χ3v) is 5.53. The van der Waals surface area contributed by atoms with E-state index in [2.05, 4.69) is 6.07 Å². The van der Waals surface area contributed by atoms with Crippen LogP contribution in [-0.2, 0) is 20.8 Å². The van der Waals surface area contributed by atoms with Crippen molar-refractivity contribution < 1.29 is 19.5 Å². The summed E-state index contributed by atoms with van der Waals surface area (Å²) in [7, 11) is 0. The minimum Gasteiger partial charge on any atom is -0.480 e. The molecule has 1 fully saturated rings. The molecule has 1 N–H and O–H groups in total. The fourth-order valence-corrected chi connectivity index (χ4v) is 4.06. The molecule has 7 heteroatoms. The van der Waals surface area contributed by atoms with Crippen molar-refractivity contribution in [2.75, 3.05) is 19.6 Å². The smallest absolute Gasteiger partial charge is 0.323 e. The van der Waals surface area contributed by atoms with E-state index in [9.17, 15) is 14.4 Å². The second-order valence-corrected chi connectivity index (χ2v) is 7.47. The third-order valence-electron chi connectivity index (χ3n) is 4.60. The van der Waals surface area contributed by atoms with Crippen LogP contribution in [0.3, 0.4) is 0 Å². The van der Waals surface area contributed by atoms with Crippen LogP contribution in [0.4, 0.5) is 0 Å². The maximum Gasteiger partial charge on any atom is 0.323 e. The van der Waals surface area contributed by atoms with Crippen molar-refractivity contribution in [3.05, 3.63) is 22.4 Å². The van der Waals surface area contributed by atoms with Gasteiger partial charge in [-0.25, -0.2) is 0 Å². The van der Waals surface area contributed by atoms with Crippen molar-refractivity contribution in [1.29, 1.82) is 0 Å². The number of carbonyl (C=O) groups excluding carboxylic acids is 2. The van der Waals surface area contributed by atoms with Crippen LogP contribution in [-0.4, -0.2) is 58.4 Å².